The molecule has 0 bridgehead atoms. The first-order valence-corrected chi connectivity index (χ1v) is 14.8. The highest BCUT2D eigenvalue weighted by Gasteiger charge is 2.36. The zero-order chi connectivity index (χ0) is 28.7. The van der Waals surface area contributed by atoms with Gasteiger partial charge in [0.25, 0.3) is 0 Å². The molecule has 7 aromatic carbocycles. The molecule has 1 heterocycles. The fraction of sp³-hybridized carbons (Fsp3) is 0.0732. The lowest BCUT2D eigenvalue weighted by Gasteiger charge is -2.23. The summed E-state index contributed by atoms with van der Waals surface area (Å²) in [5.41, 5.74) is 10.0. The molecule has 0 radical (unpaired) electrons. The van der Waals surface area contributed by atoms with E-state index in [9.17, 15) is 0 Å². The molecule has 1 aliphatic carbocycles. The van der Waals surface area contributed by atoms with Gasteiger partial charge in [0.05, 0.1) is 0 Å². The van der Waals surface area contributed by atoms with Gasteiger partial charge in [0.1, 0.15) is 0 Å². The van der Waals surface area contributed by atoms with Crippen molar-refractivity contribution >= 4 is 21.5 Å². The molecule has 2 nitrogen and oxygen atoms in total. The minimum absolute atomic E-state index is 0.130. The minimum Gasteiger partial charge on any atom is -0.449 e. The fourth-order valence-electron chi connectivity index (χ4n) is 7.01. The quantitative estimate of drug-likeness (QED) is 0.212. The summed E-state index contributed by atoms with van der Waals surface area (Å²) in [6.07, 6.45) is 0. The summed E-state index contributed by atoms with van der Waals surface area (Å²) in [7, 11) is 0. The van der Waals surface area contributed by atoms with Crippen LogP contribution in [0.4, 0.5) is 0 Å². The zero-order valence-corrected chi connectivity index (χ0v) is 24.0. The van der Waals surface area contributed by atoms with E-state index in [0.29, 0.717) is 0 Å². The average Bonchev–Trinajstić information content (AvgIpc) is 3.27. The van der Waals surface area contributed by atoms with Crippen molar-refractivity contribution in [2.75, 3.05) is 0 Å². The van der Waals surface area contributed by atoms with Gasteiger partial charge in [-0.3, -0.25) is 0 Å². The Bertz CT molecular complexity index is 2270. The summed E-state index contributed by atoms with van der Waals surface area (Å²) in [5.74, 6) is 2.97. The molecule has 0 unspecified atom stereocenters. The van der Waals surface area contributed by atoms with E-state index in [-0.39, 0.29) is 5.41 Å². The Balaban J connectivity index is 1.09. The van der Waals surface area contributed by atoms with Gasteiger partial charge in [-0.15, -0.1) is 0 Å². The van der Waals surface area contributed by atoms with Gasteiger partial charge in [-0.2, -0.15) is 0 Å². The largest absolute Gasteiger partial charge is 0.449 e. The molecule has 204 valence electrons. The average molecular weight is 553 g/mol. The van der Waals surface area contributed by atoms with Gasteiger partial charge in [-0.25, -0.2) is 0 Å². The number of hydrogen-bond donors (Lipinski definition) is 0. The highest BCUT2D eigenvalue weighted by molar-refractivity contribution is 5.98. The fourth-order valence-corrected chi connectivity index (χ4v) is 7.01. The summed E-state index contributed by atoms with van der Waals surface area (Å²) >= 11 is 0. The monoisotopic (exact) mass is 552 g/mol. The van der Waals surface area contributed by atoms with E-state index < -0.39 is 0 Å². The van der Waals surface area contributed by atoms with Crippen molar-refractivity contribution in [3.63, 3.8) is 0 Å². The van der Waals surface area contributed by atoms with Gasteiger partial charge in [-0.1, -0.05) is 111 Å². The molecular formula is C41H28O2. The maximum Gasteiger partial charge on any atom is 0.170 e. The molecule has 0 saturated heterocycles. The van der Waals surface area contributed by atoms with E-state index in [1.54, 1.807) is 0 Å². The highest BCUT2D eigenvalue weighted by atomic mass is 16.6. The predicted molar refractivity (Wildman–Crippen MR) is 176 cm³/mol. The van der Waals surface area contributed by atoms with Gasteiger partial charge in [0.15, 0.2) is 23.0 Å². The van der Waals surface area contributed by atoms with Gasteiger partial charge >= 0.3 is 0 Å². The predicted octanol–water partition coefficient (Wildman–Crippen LogP) is 11.5. The van der Waals surface area contributed by atoms with Crippen LogP contribution in [0.3, 0.4) is 0 Å². The first kappa shape index (κ1) is 24.3. The molecule has 0 fully saturated rings. The van der Waals surface area contributed by atoms with Crippen LogP contribution in [-0.4, -0.2) is 0 Å². The molecule has 43 heavy (non-hydrogen) atoms. The molecule has 7 aromatic rings. The lowest BCUT2D eigenvalue weighted by Crippen LogP contribution is -2.15. The Morgan fingerprint density at radius 2 is 0.930 bits per heavy atom. The van der Waals surface area contributed by atoms with Crippen LogP contribution in [0.25, 0.3) is 54.9 Å². The molecule has 0 aromatic heterocycles. The first-order chi connectivity index (χ1) is 21.0. The van der Waals surface area contributed by atoms with Crippen molar-refractivity contribution < 1.29 is 9.47 Å². The van der Waals surface area contributed by atoms with Crippen molar-refractivity contribution in [3.05, 3.63) is 145 Å². The summed E-state index contributed by atoms with van der Waals surface area (Å²) in [5, 5.41) is 4.82. The molecule has 0 N–H and O–H groups in total. The summed E-state index contributed by atoms with van der Waals surface area (Å²) in [6.45, 7) is 4.69. The van der Waals surface area contributed by atoms with Crippen molar-refractivity contribution in [2.24, 2.45) is 0 Å². The topological polar surface area (TPSA) is 18.5 Å². The lowest BCUT2D eigenvalue weighted by atomic mass is 9.80. The zero-order valence-electron chi connectivity index (χ0n) is 24.0. The van der Waals surface area contributed by atoms with E-state index in [1.807, 2.05) is 24.3 Å². The Morgan fingerprint density at radius 3 is 1.67 bits per heavy atom. The summed E-state index contributed by atoms with van der Waals surface area (Å²) < 4.78 is 12.7. The lowest BCUT2D eigenvalue weighted by molar-refractivity contribution is 0.360. The van der Waals surface area contributed by atoms with Gasteiger partial charge in [0, 0.05) is 5.41 Å². The molecule has 9 rings (SSSR count). The number of fused-ring (bicyclic) bond motifs is 7. The van der Waals surface area contributed by atoms with Crippen molar-refractivity contribution in [1.82, 2.24) is 0 Å². The van der Waals surface area contributed by atoms with Crippen LogP contribution in [0.1, 0.15) is 25.0 Å². The molecular weight excluding hydrogens is 524 g/mol. The normalized spacial score (nSPS) is 13.9. The van der Waals surface area contributed by atoms with Crippen molar-refractivity contribution in [2.45, 2.75) is 19.3 Å². The third-order valence-corrected chi connectivity index (χ3v) is 9.31. The van der Waals surface area contributed by atoms with Crippen LogP contribution in [0.15, 0.2) is 133 Å². The highest BCUT2D eigenvalue weighted by Crippen LogP contribution is 2.52. The molecule has 0 saturated carbocycles. The molecule has 2 heteroatoms. The first-order valence-electron chi connectivity index (χ1n) is 14.8. The second-order valence-corrected chi connectivity index (χ2v) is 12.2. The Hall–Kier alpha value is -5.34. The maximum atomic E-state index is 6.39. The third kappa shape index (κ3) is 3.66. The number of rotatable bonds is 2. The Labute approximate surface area is 250 Å². The molecule has 0 amide bonds. The Morgan fingerprint density at radius 1 is 0.395 bits per heavy atom. The molecule has 0 atom stereocenters. The number of ether oxygens (including phenoxy) is 2. The van der Waals surface area contributed by atoms with E-state index >= 15 is 0 Å². The Kier molecular flexibility index (Phi) is 4.99. The van der Waals surface area contributed by atoms with Crippen LogP contribution >= 0.6 is 0 Å². The van der Waals surface area contributed by atoms with E-state index in [0.717, 1.165) is 39.3 Å². The number of benzene rings is 7. The van der Waals surface area contributed by atoms with Gasteiger partial charge in [0.2, 0.25) is 0 Å². The standard InChI is InChI=1S/C41H28O2/c1-41(2)35-20-28(29-16-19-37-38(24-29)43-40-23-27-10-4-3-9-26(27)22-39(40)42-37)14-17-33(35)34-18-15-30(21-36(34)41)32-13-7-11-25-8-5-6-12-31(25)32/h3-24H,1-2H3. The molecule has 0 spiro atoms. The van der Waals surface area contributed by atoms with Crippen LogP contribution in [0, 0.1) is 0 Å². The second kappa shape index (κ2) is 8.83. The van der Waals surface area contributed by atoms with Crippen LogP contribution < -0.4 is 9.47 Å². The smallest absolute Gasteiger partial charge is 0.170 e. The number of hydrogen-bond acceptors (Lipinski definition) is 2. The molecule has 2 aliphatic rings. The van der Waals surface area contributed by atoms with Gasteiger partial charge < -0.3 is 9.47 Å². The van der Waals surface area contributed by atoms with Crippen molar-refractivity contribution in [3.8, 4) is 56.4 Å². The summed E-state index contributed by atoms with van der Waals surface area (Å²) in [6, 6.07) is 47.7. The van der Waals surface area contributed by atoms with Crippen LogP contribution in [0.5, 0.6) is 23.0 Å². The van der Waals surface area contributed by atoms with Crippen molar-refractivity contribution in [1.29, 1.82) is 0 Å². The van der Waals surface area contributed by atoms with E-state index in [1.165, 1.54) is 49.7 Å². The minimum atomic E-state index is -0.130. The van der Waals surface area contributed by atoms with Gasteiger partial charge in [-0.05, 0) is 102 Å². The molecule has 1 aliphatic heterocycles. The maximum absolute atomic E-state index is 6.39. The summed E-state index contributed by atoms with van der Waals surface area (Å²) in [4.78, 5) is 0. The van der Waals surface area contributed by atoms with Crippen LogP contribution in [-0.2, 0) is 5.41 Å². The third-order valence-electron chi connectivity index (χ3n) is 9.31. The SMILES string of the molecule is CC1(C)c2cc(-c3ccc4c(c3)Oc3cc5ccccc5cc3O4)ccc2-c2ccc(-c3cccc4ccccc34)cc21. The van der Waals surface area contributed by atoms with Crippen LogP contribution in [0.2, 0.25) is 0 Å². The second-order valence-electron chi connectivity index (χ2n) is 12.2. The van der Waals surface area contributed by atoms with E-state index in [4.69, 9.17) is 9.47 Å². The van der Waals surface area contributed by atoms with E-state index in [2.05, 4.69) is 123 Å².